The molecule has 3 aromatic rings. The Morgan fingerprint density at radius 1 is 1.07 bits per heavy atom. The molecule has 1 fully saturated rings. The van der Waals surface area contributed by atoms with Crippen molar-refractivity contribution in [3.63, 3.8) is 0 Å². The maximum Gasteiger partial charge on any atom is 0.160 e. The van der Waals surface area contributed by atoms with E-state index in [0.717, 1.165) is 28.8 Å². The van der Waals surface area contributed by atoms with Crippen LogP contribution in [-0.4, -0.2) is 31.4 Å². The van der Waals surface area contributed by atoms with Gasteiger partial charge in [-0.25, -0.2) is 4.39 Å². The molecule has 0 amide bonds. The Labute approximate surface area is 161 Å². The van der Waals surface area contributed by atoms with Crippen LogP contribution < -0.4 is 0 Å². The van der Waals surface area contributed by atoms with Gasteiger partial charge in [0.05, 0.1) is 11.7 Å². The number of nitrogens with zero attached hydrogens (tertiary/aromatic N) is 4. The number of aromatic nitrogens is 2. The van der Waals surface area contributed by atoms with Gasteiger partial charge >= 0.3 is 0 Å². The van der Waals surface area contributed by atoms with Gasteiger partial charge in [-0.3, -0.25) is 9.98 Å². The number of rotatable bonds is 3. The first kappa shape index (κ1) is 16.6. The summed E-state index contributed by atoms with van der Waals surface area (Å²) in [6, 6.07) is 16.8. The second-order valence-corrected chi connectivity index (χ2v) is 8.32. The molecule has 0 spiro atoms. The maximum atomic E-state index is 13.4. The highest BCUT2D eigenvalue weighted by molar-refractivity contribution is 8.14. The standard InChI is InChI=1S/C21H19FN4S/c1-14-13-26-20(19(24-21(26)27-14)17-5-2-3-11-23-17)18-6-4-12-25(18)16-9-7-15(22)8-10-16/h2-12,14,19-20H,13H2,1H3/t14-,19+,20+/m1/s1. The summed E-state index contributed by atoms with van der Waals surface area (Å²) in [6.07, 6.45) is 3.85. The molecular formula is C21H19FN4S. The molecule has 5 rings (SSSR count). The summed E-state index contributed by atoms with van der Waals surface area (Å²) < 4.78 is 15.5. The molecule has 6 heteroatoms. The van der Waals surface area contributed by atoms with E-state index in [1.807, 2.05) is 60.6 Å². The van der Waals surface area contributed by atoms with Gasteiger partial charge in [0.2, 0.25) is 0 Å². The predicted molar refractivity (Wildman–Crippen MR) is 107 cm³/mol. The van der Waals surface area contributed by atoms with Crippen LogP contribution in [-0.2, 0) is 0 Å². The maximum absolute atomic E-state index is 13.4. The minimum atomic E-state index is -0.227. The van der Waals surface area contributed by atoms with E-state index >= 15 is 0 Å². The summed E-state index contributed by atoms with van der Waals surface area (Å²) in [5, 5.41) is 1.61. The molecule has 0 bridgehead atoms. The Balaban J connectivity index is 1.60. The van der Waals surface area contributed by atoms with Gasteiger partial charge in [0.15, 0.2) is 5.17 Å². The minimum Gasteiger partial charge on any atom is -0.339 e. The van der Waals surface area contributed by atoms with E-state index in [0.29, 0.717) is 5.25 Å². The van der Waals surface area contributed by atoms with Gasteiger partial charge in [-0.2, -0.15) is 0 Å². The van der Waals surface area contributed by atoms with Crippen LogP contribution in [0.2, 0.25) is 0 Å². The lowest BCUT2D eigenvalue weighted by Crippen LogP contribution is -2.30. The van der Waals surface area contributed by atoms with E-state index in [1.54, 1.807) is 0 Å². The Morgan fingerprint density at radius 3 is 2.70 bits per heavy atom. The molecule has 1 aromatic carbocycles. The van der Waals surface area contributed by atoms with Gasteiger partial charge < -0.3 is 9.47 Å². The summed E-state index contributed by atoms with van der Waals surface area (Å²) in [4.78, 5) is 12.0. The van der Waals surface area contributed by atoms with Gasteiger partial charge in [0, 0.05) is 35.6 Å². The van der Waals surface area contributed by atoms with Crippen LogP contribution in [0.1, 0.15) is 30.4 Å². The monoisotopic (exact) mass is 378 g/mol. The Morgan fingerprint density at radius 2 is 1.93 bits per heavy atom. The molecule has 2 aliphatic rings. The van der Waals surface area contributed by atoms with Crippen molar-refractivity contribution >= 4 is 16.9 Å². The third-order valence-electron chi connectivity index (χ3n) is 5.07. The number of amidine groups is 1. The first-order chi connectivity index (χ1) is 13.2. The van der Waals surface area contributed by atoms with E-state index < -0.39 is 0 Å². The number of aliphatic imine (C=N–C) groups is 1. The zero-order valence-corrected chi connectivity index (χ0v) is 15.7. The van der Waals surface area contributed by atoms with Gasteiger partial charge in [0.1, 0.15) is 11.9 Å². The molecule has 4 nitrogen and oxygen atoms in total. The highest BCUT2D eigenvalue weighted by atomic mass is 32.2. The Kier molecular flexibility index (Phi) is 4.01. The van der Waals surface area contributed by atoms with Crippen molar-refractivity contribution in [2.75, 3.05) is 6.54 Å². The zero-order chi connectivity index (χ0) is 18.4. The molecule has 0 unspecified atom stereocenters. The fourth-order valence-electron chi connectivity index (χ4n) is 3.91. The van der Waals surface area contributed by atoms with Crippen LogP contribution in [0.5, 0.6) is 0 Å². The van der Waals surface area contributed by atoms with Crippen molar-refractivity contribution in [2.45, 2.75) is 24.3 Å². The van der Waals surface area contributed by atoms with E-state index in [4.69, 9.17) is 4.99 Å². The normalized spacial score (nSPS) is 24.1. The van der Waals surface area contributed by atoms with Crippen molar-refractivity contribution in [3.05, 3.63) is 84.2 Å². The average Bonchev–Trinajstić information content (AvgIpc) is 3.37. The lowest BCUT2D eigenvalue weighted by Gasteiger charge is -2.28. The quantitative estimate of drug-likeness (QED) is 0.668. The Hall–Kier alpha value is -2.60. The molecular weight excluding hydrogens is 359 g/mol. The molecule has 136 valence electrons. The number of halogens is 1. The van der Waals surface area contributed by atoms with Crippen LogP contribution in [0.15, 0.2) is 72.0 Å². The van der Waals surface area contributed by atoms with Crippen LogP contribution in [0.3, 0.4) is 0 Å². The summed E-state index contributed by atoms with van der Waals surface area (Å²) >= 11 is 1.83. The summed E-state index contributed by atoms with van der Waals surface area (Å²) in [6.45, 7) is 3.20. The summed E-state index contributed by atoms with van der Waals surface area (Å²) in [7, 11) is 0. The number of benzene rings is 1. The third kappa shape index (κ3) is 2.84. The number of fused-ring (bicyclic) bond motifs is 1. The van der Waals surface area contributed by atoms with Gasteiger partial charge in [-0.1, -0.05) is 24.8 Å². The molecule has 3 atom stereocenters. The van der Waals surface area contributed by atoms with E-state index in [1.165, 1.54) is 12.1 Å². The topological polar surface area (TPSA) is 33.4 Å². The van der Waals surface area contributed by atoms with Gasteiger partial charge in [-0.05, 0) is 48.5 Å². The van der Waals surface area contributed by atoms with Crippen molar-refractivity contribution in [3.8, 4) is 5.69 Å². The Bertz CT molecular complexity index is 983. The number of hydrogen-bond donors (Lipinski definition) is 0. The van der Waals surface area contributed by atoms with Gasteiger partial charge in [-0.15, -0.1) is 0 Å². The first-order valence-electron chi connectivity index (χ1n) is 9.06. The van der Waals surface area contributed by atoms with E-state index in [-0.39, 0.29) is 17.9 Å². The van der Waals surface area contributed by atoms with E-state index in [2.05, 4.69) is 27.4 Å². The molecule has 2 aliphatic heterocycles. The average molecular weight is 378 g/mol. The van der Waals surface area contributed by atoms with Crippen LogP contribution >= 0.6 is 11.8 Å². The van der Waals surface area contributed by atoms with Gasteiger partial charge in [0.25, 0.3) is 0 Å². The molecule has 0 radical (unpaired) electrons. The van der Waals surface area contributed by atoms with Crippen LogP contribution in [0, 0.1) is 5.82 Å². The highest BCUT2D eigenvalue weighted by Crippen LogP contribution is 2.47. The lowest BCUT2D eigenvalue weighted by molar-refractivity contribution is 0.312. The predicted octanol–water partition coefficient (Wildman–Crippen LogP) is 4.60. The number of hydrogen-bond acceptors (Lipinski definition) is 4. The second-order valence-electron chi connectivity index (χ2n) is 6.92. The fourth-order valence-corrected chi connectivity index (χ4v) is 5.00. The molecule has 0 saturated carbocycles. The lowest BCUT2D eigenvalue weighted by atomic mass is 10.0. The van der Waals surface area contributed by atoms with Crippen molar-refractivity contribution < 1.29 is 4.39 Å². The zero-order valence-electron chi connectivity index (χ0n) is 14.9. The largest absolute Gasteiger partial charge is 0.339 e. The molecule has 0 N–H and O–H groups in total. The highest BCUT2D eigenvalue weighted by Gasteiger charge is 2.44. The van der Waals surface area contributed by atoms with Crippen LogP contribution in [0.4, 0.5) is 4.39 Å². The molecule has 2 aromatic heterocycles. The number of thioether (sulfide) groups is 1. The van der Waals surface area contributed by atoms with Crippen molar-refractivity contribution in [1.82, 2.24) is 14.5 Å². The smallest absolute Gasteiger partial charge is 0.160 e. The van der Waals surface area contributed by atoms with E-state index in [9.17, 15) is 4.39 Å². The molecule has 27 heavy (non-hydrogen) atoms. The molecule has 0 aliphatic carbocycles. The number of pyridine rings is 1. The van der Waals surface area contributed by atoms with Crippen molar-refractivity contribution in [1.29, 1.82) is 0 Å². The SMILES string of the molecule is C[C@@H]1CN2C(=N[C@@H](c3ccccn3)[C@@H]2c2cccn2-c2ccc(F)cc2)S1. The molecule has 4 heterocycles. The van der Waals surface area contributed by atoms with Crippen LogP contribution in [0.25, 0.3) is 5.69 Å². The third-order valence-corrected chi connectivity index (χ3v) is 6.17. The summed E-state index contributed by atoms with van der Waals surface area (Å²) in [5.74, 6) is -0.227. The fraction of sp³-hybridized carbons (Fsp3) is 0.238. The minimum absolute atomic E-state index is 0.0460. The summed E-state index contributed by atoms with van der Waals surface area (Å²) in [5.41, 5.74) is 3.07. The second kappa shape index (κ2) is 6.53. The first-order valence-corrected chi connectivity index (χ1v) is 9.94. The molecule has 1 saturated heterocycles. The van der Waals surface area contributed by atoms with Crippen molar-refractivity contribution in [2.24, 2.45) is 4.99 Å².